The van der Waals surface area contributed by atoms with Crippen molar-refractivity contribution in [3.8, 4) is 0 Å². The normalized spacial score (nSPS) is 12.4. The van der Waals surface area contributed by atoms with Crippen LogP contribution in [0.2, 0.25) is 0 Å². The maximum Gasteiger partial charge on any atom is 0.295 e. The Bertz CT molecular complexity index is 835. The summed E-state index contributed by atoms with van der Waals surface area (Å²) in [6.45, 7) is 0. The molecule has 0 atom stereocenters. The number of rotatable bonds is 3. The maximum atomic E-state index is 10.8. The lowest BCUT2D eigenvalue weighted by Gasteiger charge is -2.02. The molecule has 0 aliphatic heterocycles. The molecular weight excluding hydrogens is 467 g/mol. The van der Waals surface area contributed by atoms with E-state index in [-0.39, 0.29) is 3.57 Å². The standard InChI is InChI=1S/C6H5IO7S2.H4N2O2S/c8-7-5-2-1-4(15(9,10)11)3-6(5)16(12,13)14;1-5(2,3)4/h1-3H,(H,9,10,11)(H,12,13,14);(H4,1,2,3,4). The minimum atomic E-state index is -4.68. The number of hydrogen-bond acceptors (Lipinski definition) is 7. The fourth-order valence-electron chi connectivity index (χ4n) is 0.906. The molecule has 0 saturated heterocycles. The monoisotopic (exact) mass is 476 g/mol. The number of nitrogens with two attached hydrogens (primary N) is 2. The van der Waals surface area contributed by atoms with Crippen LogP contribution in [-0.4, -0.2) is 34.4 Å². The van der Waals surface area contributed by atoms with Gasteiger partial charge in [0.05, 0.1) is 8.47 Å². The van der Waals surface area contributed by atoms with Crippen molar-refractivity contribution in [2.75, 3.05) is 0 Å². The smallest absolute Gasteiger partial charge is 0.282 e. The van der Waals surface area contributed by atoms with Crippen molar-refractivity contribution in [1.29, 1.82) is 0 Å². The minimum Gasteiger partial charge on any atom is -0.282 e. The number of hydrogen-bond donors (Lipinski definition) is 4. The molecule has 0 saturated carbocycles. The first kappa shape index (κ1) is 20.4. The van der Waals surface area contributed by atoms with E-state index >= 15 is 0 Å². The SMILES string of the molecule is NS(N)(=O)=O.O=Ic1ccc(S(=O)(=O)O)cc1S(=O)(=O)O. The van der Waals surface area contributed by atoms with Gasteiger partial charge in [-0.15, -0.1) is 0 Å². The molecule has 0 spiro atoms. The molecule has 15 heteroatoms. The van der Waals surface area contributed by atoms with E-state index in [1.54, 1.807) is 0 Å². The first-order valence-corrected chi connectivity index (χ1v) is 10.8. The van der Waals surface area contributed by atoms with Gasteiger partial charge in [0.2, 0.25) is 0 Å². The van der Waals surface area contributed by atoms with Gasteiger partial charge in [-0.25, -0.2) is 10.3 Å². The molecule has 0 heterocycles. The number of benzene rings is 1. The minimum absolute atomic E-state index is 0.172. The van der Waals surface area contributed by atoms with Crippen molar-refractivity contribution in [2.45, 2.75) is 9.79 Å². The van der Waals surface area contributed by atoms with Crippen LogP contribution in [0.15, 0.2) is 28.0 Å². The highest BCUT2D eigenvalue weighted by Crippen LogP contribution is 2.24. The molecule has 1 aromatic carbocycles. The molecule has 6 N–H and O–H groups in total. The Morgan fingerprint density at radius 1 is 0.905 bits per heavy atom. The topological polar surface area (TPSA) is 212 Å². The Morgan fingerprint density at radius 3 is 1.62 bits per heavy atom. The zero-order chi connectivity index (χ0) is 17.1. The first-order valence-electron chi connectivity index (χ1n) is 4.33. The van der Waals surface area contributed by atoms with Gasteiger partial charge in [-0.05, 0) is 18.2 Å². The molecule has 0 fully saturated rings. The highest BCUT2D eigenvalue weighted by molar-refractivity contribution is 14.1. The molecule has 21 heavy (non-hydrogen) atoms. The van der Waals surface area contributed by atoms with Gasteiger partial charge in [0.25, 0.3) is 30.4 Å². The van der Waals surface area contributed by atoms with E-state index in [0.717, 1.165) is 12.1 Å². The molecule has 0 amide bonds. The largest absolute Gasteiger partial charge is 0.295 e. The molecule has 0 aliphatic rings. The predicted octanol–water partition coefficient (Wildman–Crippen LogP) is -1.19. The van der Waals surface area contributed by atoms with Crippen molar-refractivity contribution in [3.63, 3.8) is 0 Å². The quantitative estimate of drug-likeness (QED) is 0.305. The van der Waals surface area contributed by atoms with Crippen molar-refractivity contribution < 1.29 is 37.4 Å². The molecule has 11 nitrogen and oxygen atoms in total. The van der Waals surface area contributed by atoms with Crippen molar-refractivity contribution in [1.82, 2.24) is 0 Å². The highest BCUT2D eigenvalue weighted by Gasteiger charge is 2.20. The van der Waals surface area contributed by atoms with Crippen LogP contribution in [0.1, 0.15) is 0 Å². The first-order chi connectivity index (χ1) is 9.16. The zero-order valence-electron chi connectivity index (χ0n) is 9.74. The predicted molar refractivity (Wildman–Crippen MR) is 76.8 cm³/mol. The van der Waals surface area contributed by atoms with Gasteiger partial charge in [0, 0.05) is 0 Å². The van der Waals surface area contributed by atoms with E-state index in [4.69, 9.17) is 9.11 Å². The third-order valence-corrected chi connectivity index (χ3v) is 5.09. The fourth-order valence-corrected chi connectivity index (χ4v) is 3.82. The van der Waals surface area contributed by atoms with Gasteiger partial charge in [0.1, 0.15) is 4.90 Å². The van der Waals surface area contributed by atoms with Crippen LogP contribution in [0.25, 0.3) is 0 Å². The zero-order valence-corrected chi connectivity index (χ0v) is 14.3. The van der Waals surface area contributed by atoms with Gasteiger partial charge >= 0.3 is 0 Å². The Labute approximate surface area is 130 Å². The Morgan fingerprint density at radius 2 is 1.33 bits per heavy atom. The van der Waals surface area contributed by atoms with E-state index in [0.29, 0.717) is 6.07 Å². The molecule has 1 rings (SSSR count). The average Bonchev–Trinajstić information content (AvgIpc) is 2.23. The molecule has 0 unspecified atom stereocenters. The van der Waals surface area contributed by atoms with Crippen LogP contribution in [0, 0.1) is 3.57 Å². The fraction of sp³-hybridized carbons (Fsp3) is 0. The van der Waals surface area contributed by atoms with Crippen LogP contribution in [0.5, 0.6) is 0 Å². The van der Waals surface area contributed by atoms with E-state index in [9.17, 15) is 28.3 Å². The summed E-state index contributed by atoms with van der Waals surface area (Å²) in [6, 6.07) is 2.42. The summed E-state index contributed by atoms with van der Waals surface area (Å²) >= 11 is -1.89. The summed E-state index contributed by atoms with van der Waals surface area (Å²) in [7, 11) is -12.9. The summed E-state index contributed by atoms with van der Waals surface area (Å²) in [5.41, 5.74) is 0. The molecule has 1 aromatic rings. The van der Waals surface area contributed by atoms with Gasteiger partial charge in [-0.3, -0.25) is 12.2 Å². The second-order valence-electron chi connectivity index (χ2n) is 3.21. The summed E-state index contributed by atoms with van der Waals surface area (Å²) in [5.74, 6) is 0. The lowest BCUT2D eigenvalue weighted by atomic mass is 10.4. The number of halogens is 1. The maximum absolute atomic E-state index is 10.8. The average molecular weight is 476 g/mol. The summed E-state index contributed by atoms with van der Waals surface area (Å²) < 4.78 is 89.5. The van der Waals surface area contributed by atoms with Gasteiger partial charge < -0.3 is 0 Å². The second-order valence-corrected chi connectivity index (χ2v) is 8.80. The van der Waals surface area contributed by atoms with Crippen LogP contribution in [0.4, 0.5) is 0 Å². The van der Waals surface area contributed by atoms with Gasteiger partial charge in [0.15, 0.2) is 21.2 Å². The van der Waals surface area contributed by atoms with Crippen molar-refractivity contribution >= 4 is 51.6 Å². The highest BCUT2D eigenvalue weighted by atomic mass is 127. The van der Waals surface area contributed by atoms with Crippen molar-refractivity contribution in [2.24, 2.45) is 10.3 Å². The summed E-state index contributed by atoms with van der Waals surface area (Å²) in [4.78, 5) is -1.47. The summed E-state index contributed by atoms with van der Waals surface area (Å²) in [6.07, 6.45) is 0. The molecule has 0 aromatic heterocycles. The van der Waals surface area contributed by atoms with Crippen LogP contribution < -0.4 is 10.3 Å². The van der Waals surface area contributed by atoms with Crippen LogP contribution in [0.3, 0.4) is 0 Å². The van der Waals surface area contributed by atoms with E-state index < -0.39 is 61.4 Å². The molecule has 0 radical (unpaired) electrons. The van der Waals surface area contributed by atoms with E-state index in [1.165, 1.54) is 0 Å². The van der Waals surface area contributed by atoms with Crippen molar-refractivity contribution in [3.05, 3.63) is 21.8 Å². The lowest BCUT2D eigenvalue weighted by molar-refractivity contribution is 0.480. The van der Waals surface area contributed by atoms with Gasteiger partial charge in [-0.1, -0.05) is 0 Å². The Kier molecular flexibility index (Phi) is 6.94. The van der Waals surface area contributed by atoms with Gasteiger partial charge in [-0.2, -0.15) is 25.3 Å². The van der Waals surface area contributed by atoms with E-state index in [2.05, 4.69) is 10.3 Å². The Balaban J connectivity index is 0.000000690. The van der Waals surface area contributed by atoms with Crippen LogP contribution >= 0.6 is 21.2 Å². The molecular formula is C6H9IN2O9S3. The molecule has 0 bridgehead atoms. The molecule has 0 aliphatic carbocycles. The summed E-state index contributed by atoms with van der Waals surface area (Å²) in [5, 5.41) is 8.21. The van der Waals surface area contributed by atoms with E-state index in [1.807, 2.05) is 0 Å². The second kappa shape index (κ2) is 7.13. The third-order valence-electron chi connectivity index (χ3n) is 1.56. The lowest BCUT2D eigenvalue weighted by Crippen LogP contribution is -2.21. The van der Waals surface area contributed by atoms with Crippen LogP contribution in [-0.2, 0) is 33.5 Å². The Hall–Kier alpha value is -0.560. The third kappa shape index (κ3) is 8.46. The molecule has 122 valence electrons.